The summed E-state index contributed by atoms with van der Waals surface area (Å²) in [5.41, 5.74) is 0.832. The minimum absolute atomic E-state index is 0.0515. The van der Waals surface area contributed by atoms with E-state index in [1.807, 2.05) is 6.92 Å². The van der Waals surface area contributed by atoms with Crippen LogP contribution in [0.4, 0.5) is 0 Å². The zero-order valence-corrected chi connectivity index (χ0v) is 11.5. The zero-order chi connectivity index (χ0) is 15.0. The van der Waals surface area contributed by atoms with E-state index in [0.29, 0.717) is 25.0 Å². The van der Waals surface area contributed by atoms with Gasteiger partial charge in [-0.25, -0.2) is 9.50 Å². The third kappa shape index (κ3) is 2.56. The van der Waals surface area contributed by atoms with Crippen molar-refractivity contribution >= 4 is 17.7 Å². The second kappa shape index (κ2) is 5.12. The normalized spacial score (nSPS) is 21.6. The Kier molecular flexibility index (Phi) is 3.28. The van der Waals surface area contributed by atoms with Gasteiger partial charge in [-0.15, -0.1) is 5.10 Å². The number of carbonyl (C=O) groups is 2. The smallest absolute Gasteiger partial charge is 0.306 e. The van der Waals surface area contributed by atoms with E-state index in [1.54, 1.807) is 12.3 Å². The molecular weight excluding hydrogens is 274 g/mol. The molecule has 1 fully saturated rings. The highest BCUT2D eigenvalue weighted by Crippen LogP contribution is 2.25. The van der Waals surface area contributed by atoms with Crippen molar-refractivity contribution < 1.29 is 14.7 Å². The molecule has 0 radical (unpaired) electrons. The van der Waals surface area contributed by atoms with Crippen LogP contribution in [0.5, 0.6) is 0 Å². The number of carbonyl (C=O) groups excluding carboxylic acids is 1. The molecule has 0 aliphatic heterocycles. The van der Waals surface area contributed by atoms with Gasteiger partial charge in [0.1, 0.15) is 0 Å². The van der Waals surface area contributed by atoms with E-state index in [1.165, 1.54) is 4.52 Å². The molecule has 0 unspecified atom stereocenters. The van der Waals surface area contributed by atoms with Gasteiger partial charge >= 0.3 is 5.97 Å². The van der Waals surface area contributed by atoms with Crippen LogP contribution in [0.25, 0.3) is 5.78 Å². The molecule has 21 heavy (non-hydrogen) atoms. The largest absolute Gasteiger partial charge is 0.481 e. The number of hydrogen-bond acceptors (Lipinski definition) is 5. The fourth-order valence-corrected chi connectivity index (χ4v) is 2.59. The fourth-order valence-electron chi connectivity index (χ4n) is 2.59. The highest BCUT2D eigenvalue weighted by atomic mass is 16.4. The van der Waals surface area contributed by atoms with E-state index in [-0.39, 0.29) is 17.8 Å². The van der Waals surface area contributed by atoms with Crippen LogP contribution in [0.3, 0.4) is 0 Å². The quantitative estimate of drug-likeness (QED) is 0.847. The van der Waals surface area contributed by atoms with E-state index < -0.39 is 11.9 Å². The molecule has 2 aromatic rings. The van der Waals surface area contributed by atoms with Gasteiger partial charge in [-0.1, -0.05) is 0 Å². The SMILES string of the molecule is Cc1ccnc2nc(C(=O)N[C@@H]3CC[C@H](C(=O)O)C3)nn12. The van der Waals surface area contributed by atoms with Crippen LogP contribution < -0.4 is 5.32 Å². The maximum atomic E-state index is 12.1. The van der Waals surface area contributed by atoms with Crippen molar-refractivity contribution in [3.63, 3.8) is 0 Å². The molecule has 1 aliphatic carbocycles. The van der Waals surface area contributed by atoms with E-state index >= 15 is 0 Å². The van der Waals surface area contributed by atoms with Crippen LogP contribution in [0.2, 0.25) is 0 Å². The summed E-state index contributed by atoms with van der Waals surface area (Å²) >= 11 is 0. The average Bonchev–Trinajstić information content (AvgIpc) is 3.05. The zero-order valence-electron chi connectivity index (χ0n) is 11.5. The minimum atomic E-state index is -0.808. The van der Waals surface area contributed by atoms with Crippen LogP contribution in [-0.4, -0.2) is 42.6 Å². The van der Waals surface area contributed by atoms with Crippen molar-refractivity contribution in [2.45, 2.75) is 32.2 Å². The average molecular weight is 289 g/mol. The Morgan fingerprint density at radius 1 is 1.43 bits per heavy atom. The van der Waals surface area contributed by atoms with E-state index in [4.69, 9.17) is 5.11 Å². The Morgan fingerprint density at radius 3 is 2.90 bits per heavy atom. The Bertz CT molecular complexity index is 711. The molecule has 0 saturated heterocycles. The molecule has 1 aliphatic rings. The number of amides is 1. The molecule has 3 rings (SSSR count). The molecule has 8 nitrogen and oxygen atoms in total. The highest BCUT2D eigenvalue weighted by Gasteiger charge is 2.31. The topological polar surface area (TPSA) is 109 Å². The standard InChI is InChI=1S/C13H15N5O3/c1-7-4-5-14-13-16-10(17-18(7)13)11(19)15-9-3-2-8(6-9)12(20)21/h4-5,8-9H,2-3,6H2,1H3,(H,15,19)(H,20,21)/t8-,9+/m0/s1. The van der Waals surface area contributed by atoms with Crippen molar-refractivity contribution in [3.05, 3.63) is 23.8 Å². The fraction of sp³-hybridized carbons (Fsp3) is 0.462. The van der Waals surface area contributed by atoms with E-state index in [0.717, 1.165) is 5.69 Å². The van der Waals surface area contributed by atoms with Gasteiger partial charge < -0.3 is 10.4 Å². The molecular formula is C13H15N5O3. The second-order valence-corrected chi connectivity index (χ2v) is 5.25. The highest BCUT2D eigenvalue weighted by molar-refractivity contribution is 5.91. The van der Waals surface area contributed by atoms with Gasteiger partial charge in [0.2, 0.25) is 5.82 Å². The van der Waals surface area contributed by atoms with Crippen molar-refractivity contribution in [1.29, 1.82) is 0 Å². The summed E-state index contributed by atoms with van der Waals surface area (Å²) in [5.74, 6) is -1.16. The van der Waals surface area contributed by atoms with Crippen molar-refractivity contribution in [3.8, 4) is 0 Å². The summed E-state index contributed by atoms with van der Waals surface area (Å²) in [6.45, 7) is 1.85. The van der Waals surface area contributed by atoms with E-state index in [2.05, 4.69) is 20.4 Å². The van der Waals surface area contributed by atoms with Gasteiger partial charge in [-0.2, -0.15) is 4.98 Å². The molecule has 2 aromatic heterocycles. The Morgan fingerprint density at radius 2 is 2.24 bits per heavy atom. The van der Waals surface area contributed by atoms with Crippen molar-refractivity contribution in [2.24, 2.45) is 5.92 Å². The third-order valence-corrected chi connectivity index (χ3v) is 3.75. The molecule has 8 heteroatoms. The first kappa shape index (κ1) is 13.5. The molecule has 0 spiro atoms. The van der Waals surface area contributed by atoms with Crippen LogP contribution in [0.1, 0.15) is 35.6 Å². The number of aromatic nitrogens is 4. The Hall–Kier alpha value is -2.51. The molecule has 2 heterocycles. The number of nitrogens with one attached hydrogen (secondary N) is 1. The summed E-state index contributed by atoms with van der Waals surface area (Å²) in [6, 6.07) is 1.64. The molecule has 2 atom stereocenters. The first-order chi connectivity index (χ1) is 10.0. The number of hydrogen-bond donors (Lipinski definition) is 2. The van der Waals surface area contributed by atoms with Crippen LogP contribution in [0.15, 0.2) is 12.3 Å². The molecule has 0 aromatic carbocycles. The summed E-state index contributed by atoms with van der Waals surface area (Å²) < 4.78 is 1.50. The van der Waals surface area contributed by atoms with Crippen LogP contribution >= 0.6 is 0 Å². The first-order valence-corrected chi connectivity index (χ1v) is 6.76. The first-order valence-electron chi connectivity index (χ1n) is 6.76. The maximum absolute atomic E-state index is 12.1. The summed E-state index contributed by atoms with van der Waals surface area (Å²) in [5, 5.41) is 15.9. The molecule has 2 N–H and O–H groups in total. The van der Waals surface area contributed by atoms with Gasteiger partial charge in [-0.05, 0) is 32.3 Å². The van der Waals surface area contributed by atoms with Gasteiger partial charge in [0.25, 0.3) is 11.7 Å². The third-order valence-electron chi connectivity index (χ3n) is 3.75. The number of aryl methyl sites for hydroxylation is 1. The second-order valence-electron chi connectivity index (χ2n) is 5.25. The number of nitrogens with zero attached hydrogens (tertiary/aromatic N) is 4. The summed E-state index contributed by atoms with van der Waals surface area (Å²) in [7, 11) is 0. The predicted molar refractivity (Wildman–Crippen MR) is 71.8 cm³/mol. The summed E-state index contributed by atoms with van der Waals surface area (Å²) in [6.07, 6.45) is 3.30. The Balaban J connectivity index is 1.73. The van der Waals surface area contributed by atoms with Gasteiger partial charge in [0.15, 0.2) is 0 Å². The number of rotatable bonds is 3. The lowest BCUT2D eigenvalue weighted by atomic mass is 10.1. The Labute approximate surface area is 120 Å². The van der Waals surface area contributed by atoms with Gasteiger partial charge in [0, 0.05) is 17.9 Å². The number of aliphatic carboxylic acids is 1. The van der Waals surface area contributed by atoms with E-state index in [9.17, 15) is 9.59 Å². The van der Waals surface area contributed by atoms with Crippen molar-refractivity contribution in [2.75, 3.05) is 0 Å². The van der Waals surface area contributed by atoms with Crippen molar-refractivity contribution in [1.82, 2.24) is 24.9 Å². The molecule has 110 valence electrons. The predicted octanol–water partition coefficient (Wildman–Crippen LogP) is 0.416. The number of carboxylic acid groups (broad SMARTS) is 1. The molecule has 1 amide bonds. The number of carboxylic acids is 1. The monoisotopic (exact) mass is 289 g/mol. The minimum Gasteiger partial charge on any atom is -0.481 e. The molecule has 0 bridgehead atoms. The van der Waals surface area contributed by atoms with Crippen LogP contribution in [-0.2, 0) is 4.79 Å². The lowest BCUT2D eigenvalue weighted by Crippen LogP contribution is -2.34. The maximum Gasteiger partial charge on any atom is 0.306 e. The number of fused-ring (bicyclic) bond motifs is 1. The van der Waals surface area contributed by atoms with Gasteiger partial charge in [0.05, 0.1) is 5.92 Å². The lowest BCUT2D eigenvalue weighted by Gasteiger charge is -2.10. The molecule has 1 saturated carbocycles. The van der Waals surface area contributed by atoms with Gasteiger partial charge in [-0.3, -0.25) is 9.59 Å². The lowest BCUT2D eigenvalue weighted by molar-refractivity contribution is -0.141. The summed E-state index contributed by atoms with van der Waals surface area (Å²) in [4.78, 5) is 31.2. The van der Waals surface area contributed by atoms with Crippen LogP contribution in [0, 0.1) is 12.8 Å².